The van der Waals surface area contributed by atoms with Crippen molar-refractivity contribution in [1.29, 1.82) is 0 Å². The van der Waals surface area contributed by atoms with Crippen molar-refractivity contribution in [2.75, 3.05) is 32.8 Å². The van der Waals surface area contributed by atoms with E-state index in [4.69, 9.17) is 9.72 Å². The number of pyridine rings is 1. The largest absolute Gasteiger partial charge is 0.450 e. The Kier molecular flexibility index (Phi) is 5.34. The first-order valence-electron chi connectivity index (χ1n) is 9.38. The summed E-state index contributed by atoms with van der Waals surface area (Å²) in [5.74, 6) is 0.167. The number of hydrogen-bond donors (Lipinski definition) is 0. The first kappa shape index (κ1) is 19.1. The van der Waals surface area contributed by atoms with Gasteiger partial charge in [0, 0.05) is 38.9 Å². The van der Waals surface area contributed by atoms with Gasteiger partial charge in [-0.15, -0.1) is 0 Å². The van der Waals surface area contributed by atoms with Crippen LogP contribution in [-0.2, 0) is 11.8 Å². The van der Waals surface area contributed by atoms with Crippen molar-refractivity contribution in [3.05, 3.63) is 23.0 Å². The summed E-state index contributed by atoms with van der Waals surface area (Å²) in [4.78, 5) is 33.3. The average molecular weight is 373 g/mol. The number of carbonyl (C=O) groups is 2. The standard InChI is InChI=1S/C19H27N5O3/c1-6-27-19(26)24-9-7-23(8-10-24)18(25)14-11-15(12(2)3)20-17-16(14)13(4)21-22(17)5/h11-12H,6-10H2,1-5H3. The predicted molar refractivity (Wildman–Crippen MR) is 102 cm³/mol. The van der Waals surface area contributed by atoms with Crippen molar-refractivity contribution >= 4 is 23.0 Å². The van der Waals surface area contributed by atoms with Gasteiger partial charge in [-0.3, -0.25) is 9.48 Å². The number of aromatic nitrogens is 3. The zero-order valence-corrected chi connectivity index (χ0v) is 16.7. The van der Waals surface area contributed by atoms with Crippen LogP contribution in [0.5, 0.6) is 0 Å². The molecule has 0 unspecified atom stereocenters. The molecule has 0 bridgehead atoms. The average Bonchev–Trinajstić information content (AvgIpc) is 2.94. The Balaban J connectivity index is 1.89. The molecule has 0 saturated carbocycles. The quantitative estimate of drug-likeness (QED) is 0.825. The Hall–Kier alpha value is -2.64. The van der Waals surface area contributed by atoms with Gasteiger partial charge in [0.1, 0.15) is 0 Å². The smallest absolute Gasteiger partial charge is 0.409 e. The molecule has 8 heteroatoms. The molecule has 1 aliphatic rings. The van der Waals surface area contributed by atoms with Gasteiger partial charge in [-0.2, -0.15) is 5.10 Å². The number of hydrogen-bond acceptors (Lipinski definition) is 5. The topological polar surface area (TPSA) is 80.6 Å². The lowest BCUT2D eigenvalue weighted by Crippen LogP contribution is -2.50. The Morgan fingerprint density at radius 1 is 1.19 bits per heavy atom. The molecule has 1 aliphatic heterocycles. The van der Waals surface area contributed by atoms with Crippen LogP contribution in [0.2, 0.25) is 0 Å². The number of fused-ring (bicyclic) bond motifs is 1. The predicted octanol–water partition coefficient (Wildman–Crippen LogP) is 2.31. The van der Waals surface area contributed by atoms with Crippen LogP contribution in [-0.4, -0.2) is 69.4 Å². The van der Waals surface area contributed by atoms with Crippen molar-refractivity contribution in [1.82, 2.24) is 24.6 Å². The highest BCUT2D eigenvalue weighted by Crippen LogP contribution is 2.26. The maximum Gasteiger partial charge on any atom is 0.409 e. The zero-order valence-electron chi connectivity index (χ0n) is 16.7. The van der Waals surface area contributed by atoms with Gasteiger partial charge in [0.05, 0.1) is 23.3 Å². The number of piperazine rings is 1. The van der Waals surface area contributed by atoms with Gasteiger partial charge in [-0.05, 0) is 25.8 Å². The highest BCUT2D eigenvalue weighted by atomic mass is 16.6. The minimum absolute atomic E-state index is 0.0380. The van der Waals surface area contributed by atoms with Gasteiger partial charge in [0.2, 0.25) is 0 Å². The van der Waals surface area contributed by atoms with E-state index in [1.165, 1.54) is 0 Å². The molecule has 0 spiro atoms. The molecule has 0 radical (unpaired) electrons. The molecule has 146 valence electrons. The molecule has 2 aromatic rings. The van der Waals surface area contributed by atoms with E-state index in [2.05, 4.69) is 18.9 Å². The van der Waals surface area contributed by atoms with E-state index in [0.29, 0.717) is 38.3 Å². The number of nitrogens with zero attached hydrogens (tertiary/aromatic N) is 5. The summed E-state index contributed by atoms with van der Waals surface area (Å²) < 4.78 is 6.77. The number of rotatable bonds is 3. The third-order valence-electron chi connectivity index (χ3n) is 4.90. The van der Waals surface area contributed by atoms with E-state index in [1.54, 1.807) is 21.4 Å². The molecular formula is C19H27N5O3. The lowest BCUT2D eigenvalue weighted by atomic mass is 10.0. The summed E-state index contributed by atoms with van der Waals surface area (Å²) >= 11 is 0. The number of ether oxygens (including phenoxy) is 1. The van der Waals surface area contributed by atoms with Gasteiger partial charge in [0.25, 0.3) is 5.91 Å². The van der Waals surface area contributed by atoms with Crippen LogP contribution < -0.4 is 0 Å². The second-order valence-corrected chi connectivity index (χ2v) is 7.14. The van der Waals surface area contributed by atoms with E-state index < -0.39 is 0 Å². The molecule has 2 amide bonds. The van der Waals surface area contributed by atoms with Crippen LogP contribution >= 0.6 is 0 Å². The third kappa shape index (κ3) is 3.61. The molecule has 27 heavy (non-hydrogen) atoms. The van der Waals surface area contributed by atoms with Crippen molar-refractivity contribution in [3.63, 3.8) is 0 Å². The summed E-state index contributed by atoms with van der Waals surface area (Å²) in [7, 11) is 1.85. The molecule has 0 N–H and O–H groups in total. The van der Waals surface area contributed by atoms with Gasteiger partial charge in [0.15, 0.2) is 5.65 Å². The monoisotopic (exact) mass is 373 g/mol. The fourth-order valence-electron chi connectivity index (χ4n) is 3.41. The van der Waals surface area contributed by atoms with Gasteiger partial charge in [-0.25, -0.2) is 9.78 Å². The minimum Gasteiger partial charge on any atom is -0.450 e. The summed E-state index contributed by atoms with van der Waals surface area (Å²) in [6.45, 7) is 10.1. The Bertz CT molecular complexity index is 866. The zero-order chi connectivity index (χ0) is 19.7. The van der Waals surface area contributed by atoms with E-state index in [-0.39, 0.29) is 17.9 Å². The minimum atomic E-state index is -0.318. The van der Waals surface area contributed by atoms with Crippen molar-refractivity contribution in [2.45, 2.75) is 33.6 Å². The fourth-order valence-corrected chi connectivity index (χ4v) is 3.41. The summed E-state index contributed by atoms with van der Waals surface area (Å²) in [6, 6.07) is 1.89. The Morgan fingerprint density at radius 3 is 2.41 bits per heavy atom. The van der Waals surface area contributed by atoms with Crippen LogP contribution in [0.25, 0.3) is 11.0 Å². The lowest BCUT2D eigenvalue weighted by molar-refractivity contribution is 0.0572. The molecular weight excluding hydrogens is 346 g/mol. The molecule has 0 atom stereocenters. The highest BCUT2D eigenvalue weighted by Gasteiger charge is 2.28. The van der Waals surface area contributed by atoms with E-state index >= 15 is 0 Å². The second kappa shape index (κ2) is 7.54. The number of aryl methyl sites for hydroxylation is 2. The number of carbonyl (C=O) groups excluding carboxylic acids is 2. The van der Waals surface area contributed by atoms with E-state index in [1.807, 2.05) is 20.0 Å². The fraction of sp³-hybridized carbons (Fsp3) is 0.579. The van der Waals surface area contributed by atoms with Gasteiger partial charge < -0.3 is 14.5 Å². The molecule has 1 saturated heterocycles. The van der Waals surface area contributed by atoms with Crippen molar-refractivity contribution < 1.29 is 14.3 Å². The summed E-state index contributed by atoms with van der Waals surface area (Å²) in [6.07, 6.45) is -0.318. The van der Waals surface area contributed by atoms with Crippen molar-refractivity contribution in [3.8, 4) is 0 Å². The molecule has 0 aromatic carbocycles. The van der Waals surface area contributed by atoms with Crippen LogP contribution in [0, 0.1) is 6.92 Å². The molecule has 2 aromatic heterocycles. The van der Waals surface area contributed by atoms with Crippen LogP contribution in [0.15, 0.2) is 6.07 Å². The highest BCUT2D eigenvalue weighted by molar-refractivity contribution is 6.06. The second-order valence-electron chi connectivity index (χ2n) is 7.14. The number of amides is 2. The normalized spacial score (nSPS) is 14.9. The van der Waals surface area contributed by atoms with Crippen LogP contribution in [0.4, 0.5) is 4.79 Å². The molecule has 3 heterocycles. The molecule has 8 nitrogen and oxygen atoms in total. The van der Waals surface area contributed by atoms with Crippen molar-refractivity contribution in [2.24, 2.45) is 7.05 Å². The Labute approximate surface area is 159 Å². The van der Waals surface area contributed by atoms with E-state index in [0.717, 1.165) is 22.4 Å². The van der Waals surface area contributed by atoms with E-state index in [9.17, 15) is 9.59 Å². The third-order valence-corrected chi connectivity index (χ3v) is 4.90. The van der Waals surface area contributed by atoms with Crippen LogP contribution in [0.3, 0.4) is 0 Å². The SMILES string of the molecule is CCOC(=O)N1CCN(C(=O)c2cc(C(C)C)nc3c2c(C)nn3C)CC1. The lowest BCUT2D eigenvalue weighted by Gasteiger charge is -2.34. The summed E-state index contributed by atoms with van der Waals surface area (Å²) in [5.41, 5.74) is 3.04. The molecule has 3 rings (SSSR count). The first-order chi connectivity index (χ1) is 12.8. The van der Waals surface area contributed by atoms with Gasteiger partial charge in [-0.1, -0.05) is 13.8 Å². The van der Waals surface area contributed by atoms with Crippen LogP contribution in [0.1, 0.15) is 48.4 Å². The maximum atomic E-state index is 13.3. The Morgan fingerprint density at radius 2 is 1.81 bits per heavy atom. The van der Waals surface area contributed by atoms with Gasteiger partial charge >= 0.3 is 6.09 Å². The summed E-state index contributed by atoms with van der Waals surface area (Å²) in [5, 5.41) is 5.25. The molecule has 0 aliphatic carbocycles. The maximum absolute atomic E-state index is 13.3. The molecule has 1 fully saturated rings. The first-order valence-corrected chi connectivity index (χ1v) is 9.38.